The molecule has 0 saturated carbocycles. The number of hydrogen-bond donors (Lipinski definition) is 4. The van der Waals surface area contributed by atoms with E-state index in [1.807, 2.05) is 31.1 Å². The first-order valence-electron chi connectivity index (χ1n) is 8.33. The summed E-state index contributed by atoms with van der Waals surface area (Å²) in [6, 6.07) is 12.3. The van der Waals surface area contributed by atoms with Crippen LogP contribution in [0.25, 0.3) is 0 Å². The van der Waals surface area contributed by atoms with Gasteiger partial charge < -0.3 is 20.7 Å². The minimum atomic E-state index is -0.843. The molecule has 0 saturated heterocycles. The van der Waals surface area contributed by atoms with E-state index in [0.29, 0.717) is 23.4 Å². The number of aryl methyl sites for hydroxylation is 1. The first kappa shape index (κ1) is 19.9. The van der Waals surface area contributed by atoms with E-state index in [-0.39, 0.29) is 12.3 Å². The third kappa shape index (κ3) is 5.82. The number of nitrogens with two attached hydrogens (primary N) is 1. The topological polar surface area (TPSA) is 120 Å². The standard InChI is InChI=1S/C19H23N5O3/c1-24(2)17-11-16(8-6-13(17)7-9-18(25)26)23-19(27)14-4-3-5-15(10-14)21-12-22-20/h3-6,8,10-12H,7,9,20H2,1-2H3,(H,21,22)(H,23,27)(H,25,26). The molecule has 8 heteroatoms. The van der Waals surface area contributed by atoms with Crippen molar-refractivity contribution >= 4 is 35.3 Å². The Kier molecular flexibility index (Phi) is 6.90. The zero-order chi connectivity index (χ0) is 19.8. The Morgan fingerprint density at radius 3 is 2.67 bits per heavy atom. The summed E-state index contributed by atoms with van der Waals surface area (Å²) in [4.78, 5) is 29.3. The molecule has 142 valence electrons. The zero-order valence-corrected chi connectivity index (χ0v) is 15.3. The molecule has 0 aliphatic rings. The number of nitrogens with one attached hydrogen (secondary N) is 2. The van der Waals surface area contributed by atoms with Gasteiger partial charge in [0.15, 0.2) is 0 Å². The van der Waals surface area contributed by atoms with Crippen molar-refractivity contribution < 1.29 is 14.7 Å². The van der Waals surface area contributed by atoms with E-state index in [1.54, 1.807) is 30.3 Å². The summed E-state index contributed by atoms with van der Waals surface area (Å²) >= 11 is 0. The highest BCUT2D eigenvalue weighted by Crippen LogP contribution is 2.25. The number of anilines is 2. The predicted octanol–water partition coefficient (Wildman–Crippen LogP) is 2.15. The molecule has 2 aromatic rings. The quantitative estimate of drug-likeness (QED) is 0.245. The van der Waals surface area contributed by atoms with Gasteiger partial charge >= 0.3 is 5.97 Å². The first-order chi connectivity index (χ1) is 12.9. The van der Waals surface area contributed by atoms with Gasteiger partial charge in [-0.2, -0.15) is 0 Å². The molecule has 0 radical (unpaired) electrons. The van der Waals surface area contributed by atoms with Crippen molar-refractivity contribution in [2.75, 3.05) is 24.3 Å². The third-order valence-corrected chi connectivity index (χ3v) is 3.83. The van der Waals surface area contributed by atoms with Crippen LogP contribution in [0.5, 0.6) is 0 Å². The van der Waals surface area contributed by atoms with Gasteiger partial charge in [-0.25, -0.2) is 10.8 Å². The lowest BCUT2D eigenvalue weighted by atomic mass is 10.1. The fourth-order valence-corrected chi connectivity index (χ4v) is 2.55. The molecule has 0 fully saturated rings. The van der Waals surface area contributed by atoms with Gasteiger partial charge in [0, 0.05) is 37.5 Å². The second-order valence-corrected chi connectivity index (χ2v) is 6.06. The van der Waals surface area contributed by atoms with Crippen molar-refractivity contribution in [1.29, 1.82) is 0 Å². The van der Waals surface area contributed by atoms with Gasteiger partial charge in [0.05, 0.1) is 5.69 Å². The van der Waals surface area contributed by atoms with Crippen molar-refractivity contribution in [3.8, 4) is 0 Å². The van der Waals surface area contributed by atoms with Gasteiger partial charge in [-0.3, -0.25) is 9.59 Å². The monoisotopic (exact) mass is 369 g/mol. The SMILES string of the molecule is CN(C)c1cc(NC(=O)c2cccc(N=CNN)c2)ccc1CCC(=O)O. The number of benzene rings is 2. The van der Waals surface area contributed by atoms with Crippen LogP contribution in [0.4, 0.5) is 17.1 Å². The Morgan fingerprint density at radius 1 is 1.22 bits per heavy atom. The first-order valence-corrected chi connectivity index (χ1v) is 8.33. The van der Waals surface area contributed by atoms with Crippen LogP contribution in [-0.4, -0.2) is 37.4 Å². The van der Waals surface area contributed by atoms with E-state index < -0.39 is 5.97 Å². The molecule has 0 spiro atoms. The van der Waals surface area contributed by atoms with Gasteiger partial charge in [-0.05, 0) is 42.3 Å². The molecule has 27 heavy (non-hydrogen) atoms. The van der Waals surface area contributed by atoms with Gasteiger partial charge in [0.1, 0.15) is 6.34 Å². The molecular formula is C19H23N5O3. The van der Waals surface area contributed by atoms with E-state index in [0.717, 1.165) is 11.3 Å². The van der Waals surface area contributed by atoms with E-state index in [2.05, 4.69) is 15.7 Å². The Labute approximate surface area is 157 Å². The Balaban J connectivity index is 2.19. The molecule has 2 aromatic carbocycles. The minimum Gasteiger partial charge on any atom is -0.481 e. The van der Waals surface area contributed by atoms with Crippen LogP contribution in [0.1, 0.15) is 22.3 Å². The summed E-state index contributed by atoms with van der Waals surface area (Å²) in [6.45, 7) is 0. The fourth-order valence-electron chi connectivity index (χ4n) is 2.55. The predicted molar refractivity (Wildman–Crippen MR) is 107 cm³/mol. The number of aliphatic imine (C=N–C) groups is 1. The van der Waals surface area contributed by atoms with Crippen LogP contribution in [0.15, 0.2) is 47.5 Å². The molecule has 0 unspecified atom stereocenters. The average molecular weight is 369 g/mol. The van der Waals surface area contributed by atoms with Gasteiger partial charge in [0.25, 0.3) is 5.91 Å². The maximum absolute atomic E-state index is 12.5. The number of aliphatic carboxylic acids is 1. The summed E-state index contributed by atoms with van der Waals surface area (Å²) in [5.74, 6) is 4.04. The largest absolute Gasteiger partial charge is 0.481 e. The number of hydrogen-bond acceptors (Lipinski definition) is 5. The number of amides is 1. The Bertz CT molecular complexity index is 849. The fraction of sp³-hybridized carbons (Fsp3) is 0.211. The van der Waals surface area contributed by atoms with E-state index in [1.165, 1.54) is 6.34 Å². The molecule has 2 rings (SSSR count). The molecule has 1 amide bonds. The van der Waals surface area contributed by atoms with Crippen LogP contribution in [-0.2, 0) is 11.2 Å². The summed E-state index contributed by atoms with van der Waals surface area (Å²) in [5.41, 5.74) is 5.76. The number of carboxylic acid groups (broad SMARTS) is 1. The van der Waals surface area contributed by atoms with Crippen LogP contribution >= 0.6 is 0 Å². The van der Waals surface area contributed by atoms with Crippen LogP contribution in [0.3, 0.4) is 0 Å². The molecule has 8 nitrogen and oxygen atoms in total. The lowest BCUT2D eigenvalue weighted by Gasteiger charge is -2.19. The Morgan fingerprint density at radius 2 is 2.00 bits per heavy atom. The number of carbonyl (C=O) groups is 2. The molecule has 0 bridgehead atoms. The molecule has 0 aromatic heterocycles. The summed E-state index contributed by atoms with van der Waals surface area (Å²) in [6.07, 6.45) is 1.81. The molecule has 0 atom stereocenters. The maximum atomic E-state index is 12.5. The second-order valence-electron chi connectivity index (χ2n) is 6.06. The lowest BCUT2D eigenvalue weighted by molar-refractivity contribution is -0.136. The highest BCUT2D eigenvalue weighted by Gasteiger charge is 2.11. The molecule has 5 N–H and O–H groups in total. The van der Waals surface area contributed by atoms with Crippen molar-refractivity contribution in [3.05, 3.63) is 53.6 Å². The van der Waals surface area contributed by atoms with Crippen molar-refractivity contribution in [1.82, 2.24) is 5.43 Å². The molecular weight excluding hydrogens is 346 g/mol. The van der Waals surface area contributed by atoms with Crippen molar-refractivity contribution in [2.45, 2.75) is 12.8 Å². The van der Waals surface area contributed by atoms with Crippen LogP contribution in [0, 0.1) is 0 Å². The van der Waals surface area contributed by atoms with Crippen molar-refractivity contribution in [3.63, 3.8) is 0 Å². The smallest absolute Gasteiger partial charge is 0.303 e. The van der Waals surface area contributed by atoms with Gasteiger partial charge in [-0.15, -0.1) is 0 Å². The molecule has 0 aliphatic heterocycles. The number of carbonyl (C=O) groups excluding carboxylic acids is 1. The second kappa shape index (κ2) is 9.35. The third-order valence-electron chi connectivity index (χ3n) is 3.83. The highest BCUT2D eigenvalue weighted by molar-refractivity contribution is 6.05. The number of carboxylic acids is 1. The zero-order valence-electron chi connectivity index (χ0n) is 15.3. The van der Waals surface area contributed by atoms with Gasteiger partial charge in [-0.1, -0.05) is 12.1 Å². The average Bonchev–Trinajstić information content (AvgIpc) is 2.65. The lowest BCUT2D eigenvalue weighted by Crippen LogP contribution is -2.18. The van der Waals surface area contributed by atoms with Crippen molar-refractivity contribution in [2.24, 2.45) is 10.8 Å². The van der Waals surface area contributed by atoms with E-state index in [9.17, 15) is 9.59 Å². The molecule has 0 heterocycles. The minimum absolute atomic E-state index is 0.0531. The molecule has 0 aliphatic carbocycles. The summed E-state index contributed by atoms with van der Waals surface area (Å²) < 4.78 is 0. The summed E-state index contributed by atoms with van der Waals surface area (Å²) in [7, 11) is 3.75. The normalized spacial score (nSPS) is 10.6. The maximum Gasteiger partial charge on any atom is 0.303 e. The van der Waals surface area contributed by atoms with Gasteiger partial charge in [0.2, 0.25) is 0 Å². The van der Waals surface area contributed by atoms with E-state index >= 15 is 0 Å². The summed E-state index contributed by atoms with van der Waals surface area (Å²) in [5, 5.41) is 11.7. The van der Waals surface area contributed by atoms with E-state index in [4.69, 9.17) is 10.9 Å². The van der Waals surface area contributed by atoms with Crippen LogP contribution in [0.2, 0.25) is 0 Å². The Hall–Kier alpha value is -3.39. The number of nitrogens with zero attached hydrogens (tertiary/aromatic N) is 2. The highest BCUT2D eigenvalue weighted by atomic mass is 16.4. The number of rotatable bonds is 8. The number of hydrazine groups is 1. The van der Waals surface area contributed by atoms with Crippen LogP contribution < -0.4 is 21.5 Å².